The molecule has 0 radical (unpaired) electrons. The Hall–Kier alpha value is -1.67. The predicted molar refractivity (Wildman–Crippen MR) is 80.3 cm³/mol. The lowest BCUT2D eigenvalue weighted by atomic mass is 9.93. The van der Waals surface area contributed by atoms with Gasteiger partial charge in [0.2, 0.25) is 0 Å². The monoisotopic (exact) mass is 254 g/mol. The van der Waals surface area contributed by atoms with Gasteiger partial charge >= 0.3 is 0 Å². The van der Waals surface area contributed by atoms with Crippen molar-refractivity contribution in [1.82, 2.24) is 10.3 Å². The number of aromatic nitrogens is 1. The number of nitrogens with zero attached hydrogens (tertiary/aromatic N) is 1. The summed E-state index contributed by atoms with van der Waals surface area (Å²) >= 11 is 0. The van der Waals surface area contributed by atoms with Crippen LogP contribution in [-0.4, -0.2) is 11.5 Å². The molecule has 1 atom stereocenters. The van der Waals surface area contributed by atoms with Gasteiger partial charge in [-0.15, -0.1) is 0 Å². The Labute approximate surface area is 115 Å². The number of aryl methyl sites for hydroxylation is 2. The van der Waals surface area contributed by atoms with E-state index >= 15 is 0 Å². The Kier molecular flexibility index (Phi) is 4.69. The van der Waals surface area contributed by atoms with E-state index in [9.17, 15) is 0 Å². The van der Waals surface area contributed by atoms with Gasteiger partial charge in [-0.25, -0.2) is 0 Å². The van der Waals surface area contributed by atoms with Crippen LogP contribution in [0.25, 0.3) is 0 Å². The average Bonchev–Trinajstić information content (AvgIpc) is 2.43. The molecule has 0 saturated carbocycles. The van der Waals surface area contributed by atoms with Crippen molar-refractivity contribution in [1.29, 1.82) is 0 Å². The molecule has 100 valence electrons. The van der Waals surface area contributed by atoms with Crippen LogP contribution in [0.1, 0.15) is 35.2 Å². The fraction of sp³-hybridized carbons (Fsp3) is 0.353. The Balaban J connectivity index is 2.27. The lowest BCUT2D eigenvalue weighted by Gasteiger charge is -2.20. The maximum Gasteiger partial charge on any atom is 0.0362 e. The van der Waals surface area contributed by atoms with Crippen molar-refractivity contribution in [2.24, 2.45) is 0 Å². The summed E-state index contributed by atoms with van der Waals surface area (Å²) in [7, 11) is 0. The zero-order valence-electron chi connectivity index (χ0n) is 12.0. The van der Waals surface area contributed by atoms with Crippen LogP contribution in [0.4, 0.5) is 0 Å². The number of benzene rings is 1. The zero-order chi connectivity index (χ0) is 13.7. The minimum atomic E-state index is 0.354. The minimum Gasteiger partial charge on any atom is -0.310 e. The van der Waals surface area contributed by atoms with E-state index in [-0.39, 0.29) is 0 Å². The highest BCUT2D eigenvalue weighted by atomic mass is 14.9. The van der Waals surface area contributed by atoms with E-state index in [1.165, 1.54) is 22.3 Å². The second-order valence-electron chi connectivity index (χ2n) is 4.97. The molecule has 1 N–H and O–H groups in total. The third kappa shape index (κ3) is 3.42. The Morgan fingerprint density at radius 1 is 1.05 bits per heavy atom. The molecular weight excluding hydrogens is 232 g/mol. The van der Waals surface area contributed by atoms with E-state index in [2.05, 4.69) is 61.4 Å². The van der Waals surface area contributed by atoms with E-state index in [4.69, 9.17) is 0 Å². The lowest BCUT2D eigenvalue weighted by molar-refractivity contribution is 0.547. The second kappa shape index (κ2) is 6.48. The first-order valence-corrected chi connectivity index (χ1v) is 6.90. The van der Waals surface area contributed by atoms with Crippen LogP contribution in [0.2, 0.25) is 0 Å². The smallest absolute Gasteiger partial charge is 0.0362 e. The van der Waals surface area contributed by atoms with Crippen LogP contribution < -0.4 is 5.32 Å². The summed E-state index contributed by atoms with van der Waals surface area (Å²) in [4.78, 5) is 4.10. The van der Waals surface area contributed by atoms with Gasteiger partial charge in [-0.1, -0.05) is 25.1 Å². The molecule has 0 fully saturated rings. The summed E-state index contributed by atoms with van der Waals surface area (Å²) in [6, 6.07) is 11.1. The normalized spacial score (nSPS) is 12.4. The number of likely N-dealkylation sites (N-methyl/N-ethyl adjacent to an activating group) is 1. The molecule has 1 heterocycles. The molecule has 0 bridgehead atoms. The molecule has 0 aliphatic carbocycles. The summed E-state index contributed by atoms with van der Waals surface area (Å²) in [5.41, 5.74) is 5.50. The number of hydrogen-bond donors (Lipinski definition) is 1. The van der Waals surface area contributed by atoms with Crippen LogP contribution in [0.5, 0.6) is 0 Å². The first-order chi connectivity index (χ1) is 9.22. The van der Waals surface area contributed by atoms with Crippen LogP contribution in [0.3, 0.4) is 0 Å². The van der Waals surface area contributed by atoms with E-state index in [1.807, 2.05) is 12.4 Å². The molecular formula is C17H22N2. The molecule has 0 aliphatic rings. The van der Waals surface area contributed by atoms with Gasteiger partial charge in [0.1, 0.15) is 0 Å². The first kappa shape index (κ1) is 13.8. The molecule has 0 aliphatic heterocycles. The maximum absolute atomic E-state index is 4.10. The summed E-state index contributed by atoms with van der Waals surface area (Å²) in [5.74, 6) is 0. The van der Waals surface area contributed by atoms with Crippen LogP contribution in [0, 0.1) is 13.8 Å². The van der Waals surface area contributed by atoms with Crippen LogP contribution >= 0.6 is 0 Å². The average molecular weight is 254 g/mol. The molecule has 0 saturated heterocycles. The summed E-state index contributed by atoms with van der Waals surface area (Å²) in [6.45, 7) is 7.51. The highest BCUT2D eigenvalue weighted by molar-refractivity contribution is 5.35. The Morgan fingerprint density at radius 2 is 1.68 bits per heavy atom. The summed E-state index contributed by atoms with van der Waals surface area (Å²) in [5, 5.41) is 3.57. The number of nitrogens with one attached hydrogen (secondary N) is 1. The molecule has 0 amide bonds. The van der Waals surface area contributed by atoms with Crippen molar-refractivity contribution in [2.45, 2.75) is 33.2 Å². The molecule has 0 spiro atoms. The van der Waals surface area contributed by atoms with Crippen molar-refractivity contribution >= 4 is 0 Å². The van der Waals surface area contributed by atoms with E-state index in [0.29, 0.717) is 6.04 Å². The SMILES string of the molecule is CCNC(Cc1c(C)cccc1C)c1ccncc1. The summed E-state index contributed by atoms with van der Waals surface area (Å²) < 4.78 is 0. The minimum absolute atomic E-state index is 0.354. The molecule has 1 unspecified atom stereocenters. The zero-order valence-corrected chi connectivity index (χ0v) is 12.0. The van der Waals surface area contributed by atoms with Gasteiger partial charge in [0, 0.05) is 18.4 Å². The third-order valence-electron chi connectivity index (χ3n) is 3.61. The third-order valence-corrected chi connectivity index (χ3v) is 3.61. The number of rotatable bonds is 5. The molecule has 1 aromatic heterocycles. The molecule has 2 nitrogen and oxygen atoms in total. The van der Waals surface area contributed by atoms with E-state index in [1.54, 1.807) is 0 Å². The molecule has 2 aromatic rings. The lowest BCUT2D eigenvalue weighted by Crippen LogP contribution is -2.23. The van der Waals surface area contributed by atoms with Gasteiger partial charge in [0.15, 0.2) is 0 Å². The summed E-state index contributed by atoms with van der Waals surface area (Å²) in [6.07, 6.45) is 4.76. The topological polar surface area (TPSA) is 24.9 Å². The molecule has 2 rings (SSSR count). The molecule has 1 aromatic carbocycles. The fourth-order valence-electron chi connectivity index (χ4n) is 2.53. The Bertz CT molecular complexity index is 500. The van der Waals surface area contributed by atoms with Gasteiger partial charge in [0.25, 0.3) is 0 Å². The highest BCUT2D eigenvalue weighted by Crippen LogP contribution is 2.22. The van der Waals surface area contributed by atoms with Crippen molar-refractivity contribution in [2.75, 3.05) is 6.54 Å². The van der Waals surface area contributed by atoms with Gasteiger partial charge in [-0.05, 0) is 61.2 Å². The van der Waals surface area contributed by atoms with Crippen molar-refractivity contribution in [3.8, 4) is 0 Å². The van der Waals surface area contributed by atoms with Crippen molar-refractivity contribution < 1.29 is 0 Å². The van der Waals surface area contributed by atoms with Gasteiger partial charge in [-0.2, -0.15) is 0 Å². The van der Waals surface area contributed by atoms with Crippen LogP contribution in [-0.2, 0) is 6.42 Å². The molecule has 19 heavy (non-hydrogen) atoms. The number of hydrogen-bond acceptors (Lipinski definition) is 2. The maximum atomic E-state index is 4.10. The van der Waals surface area contributed by atoms with Gasteiger partial charge in [-0.3, -0.25) is 4.98 Å². The standard InChI is InChI=1S/C17H22N2/c1-4-19-17(15-8-10-18-11-9-15)12-16-13(2)6-5-7-14(16)3/h5-11,17,19H,4,12H2,1-3H3. The largest absolute Gasteiger partial charge is 0.310 e. The first-order valence-electron chi connectivity index (χ1n) is 6.90. The van der Waals surface area contributed by atoms with Crippen molar-refractivity contribution in [3.63, 3.8) is 0 Å². The van der Waals surface area contributed by atoms with E-state index < -0.39 is 0 Å². The van der Waals surface area contributed by atoms with E-state index in [0.717, 1.165) is 13.0 Å². The Morgan fingerprint density at radius 3 is 2.26 bits per heavy atom. The van der Waals surface area contributed by atoms with Gasteiger partial charge < -0.3 is 5.32 Å². The fourth-order valence-corrected chi connectivity index (χ4v) is 2.53. The van der Waals surface area contributed by atoms with Crippen molar-refractivity contribution in [3.05, 3.63) is 65.0 Å². The predicted octanol–water partition coefficient (Wildman–Crippen LogP) is 3.59. The highest BCUT2D eigenvalue weighted by Gasteiger charge is 2.13. The van der Waals surface area contributed by atoms with Crippen LogP contribution in [0.15, 0.2) is 42.7 Å². The second-order valence-corrected chi connectivity index (χ2v) is 4.97. The van der Waals surface area contributed by atoms with Gasteiger partial charge in [0.05, 0.1) is 0 Å². The number of pyridine rings is 1. The molecule has 2 heteroatoms. The quantitative estimate of drug-likeness (QED) is 0.882.